The Labute approximate surface area is 142 Å². The number of para-hydroxylation sites is 1. The summed E-state index contributed by atoms with van der Waals surface area (Å²) in [4.78, 5) is 3.34. The summed E-state index contributed by atoms with van der Waals surface area (Å²) in [5.74, 6) is 0.687. The van der Waals surface area contributed by atoms with Gasteiger partial charge >= 0.3 is 0 Å². The average Bonchev–Trinajstić information content (AvgIpc) is 3.19. The van der Waals surface area contributed by atoms with Crippen LogP contribution in [0.4, 0.5) is 0 Å². The largest absolute Gasteiger partial charge is 0.285 e. The molecule has 5 nitrogen and oxygen atoms in total. The third kappa shape index (κ3) is 2.71. The number of H-pyrrole nitrogens is 1. The van der Waals surface area contributed by atoms with Gasteiger partial charge in [0.25, 0.3) is 5.65 Å². The highest BCUT2D eigenvalue weighted by molar-refractivity contribution is 7.98. The first-order valence-electron chi connectivity index (χ1n) is 7.08. The van der Waals surface area contributed by atoms with Gasteiger partial charge in [-0.3, -0.25) is 4.57 Å². The molecule has 0 aliphatic heterocycles. The van der Waals surface area contributed by atoms with E-state index in [1.807, 2.05) is 63.7 Å². The van der Waals surface area contributed by atoms with E-state index in [2.05, 4.69) is 15.2 Å². The SMILES string of the molecule is Clc1c(CSc2nncn2-c2ccccc2)[nH]c2cccc[n+]12. The molecule has 1 aromatic carbocycles. The van der Waals surface area contributed by atoms with Crippen LogP contribution in [0.2, 0.25) is 5.15 Å². The monoisotopic (exact) mass is 342 g/mol. The van der Waals surface area contributed by atoms with Gasteiger partial charge in [-0.1, -0.05) is 36.0 Å². The summed E-state index contributed by atoms with van der Waals surface area (Å²) in [5, 5.41) is 9.75. The molecule has 0 atom stereocenters. The second kappa shape index (κ2) is 6.06. The van der Waals surface area contributed by atoms with Gasteiger partial charge < -0.3 is 0 Å². The van der Waals surface area contributed by atoms with Gasteiger partial charge in [0.2, 0.25) is 5.15 Å². The molecule has 3 heterocycles. The van der Waals surface area contributed by atoms with Crippen LogP contribution in [-0.4, -0.2) is 19.7 Å². The third-order valence-electron chi connectivity index (χ3n) is 3.50. The maximum Gasteiger partial charge on any atom is 0.285 e. The number of fused-ring (bicyclic) bond motifs is 1. The van der Waals surface area contributed by atoms with E-state index in [0.29, 0.717) is 10.9 Å². The Bertz CT molecular complexity index is 947. The number of aromatic amines is 1. The van der Waals surface area contributed by atoms with Gasteiger partial charge in [-0.25, -0.2) is 4.98 Å². The van der Waals surface area contributed by atoms with E-state index >= 15 is 0 Å². The van der Waals surface area contributed by atoms with E-state index in [-0.39, 0.29) is 0 Å². The number of halogens is 1. The topological polar surface area (TPSA) is 50.6 Å². The molecule has 0 aliphatic rings. The van der Waals surface area contributed by atoms with Crippen LogP contribution in [0.1, 0.15) is 5.69 Å². The van der Waals surface area contributed by atoms with Gasteiger partial charge in [0.1, 0.15) is 6.33 Å². The van der Waals surface area contributed by atoms with Crippen molar-refractivity contribution in [2.45, 2.75) is 10.9 Å². The quantitative estimate of drug-likeness (QED) is 0.457. The fourth-order valence-corrected chi connectivity index (χ4v) is 3.61. The first-order valence-corrected chi connectivity index (χ1v) is 8.44. The fraction of sp³-hybridized carbons (Fsp3) is 0.0625. The van der Waals surface area contributed by atoms with E-state index in [9.17, 15) is 0 Å². The van der Waals surface area contributed by atoms with Crippen molar-refractivity contribution < 1.29 is 4.40 Å². The van der Waals surface area contributed by atoms with E-state index in [0.717, 1.165) is 22.2 Å². The zero-order chi connectivity index (χ0) is 15.6. The predicted octanol–water partition coefficient (Wildman–Crippen LogP) is 3.28. The molecule has 0 saturated carbocycles. The average molecular weight is 343 g/mol. The normalized spacial score (nSPS) is 11.2. The summed E-state index contributed by atoms with van der Waals surface area (Å²) in [6.45, 7) is 0. The lowest BCUT2D eigenvalue weighted by Crippen LogP contribution is -2.18. The first kappa shape index (κ1) is 14.3. The molecule has 0 aliphatic carbocycles. The summed E-state index contributed by atoms with van der Waals surface area (Å²) < 4.78 is 3.90. The van der Waals surface area contributed by atoms with Gasteiger partial charge in [0.05, 0.1) is 11.9 Å². The van der Waals surface area contributed by atoms with Gasteiger partial charge in [-0.2, -0.15) is 4.40 Å². The summed E-state index contributed by atoms with van der Waals surface area (Å²) in [6, 6.07) is 16.0. The number of rotatable bonds is 4. The van der Waals surface area contributed by atoms with Crippen LogP contribution in [0.5, 0.6) is 0 Å². The highest BCUT2D eigenvalue weighted by atomic mass is 35.5. The maximum atomic E-state index is 6.43. The van der Waals surface area contributed by atoms with Crippen molar-refractivity contribution in [2.24, 2.45) is 0 Å². The van der Waals surface area contributed by atoms with E-state index in [1.54, 1.807) is 18.1 Å². The number of thioether (sulfide) groups is 1. The summed E-state index contributed by atoms with van der Waals surface area (Å²) in [7, 11) is 0. The van der Waals surface area contributed by atoms with Crippen LogP contribution < -0.4 is 4.40 Å². The molecule has 4 aromatic rings. The smallest absolute Gasteiger partial charge is 0.277 e. The molecule has 0 amide bonds. The number of aromatic nitrogens is 5. The van der Waals surface area contributed by atoms with Crippen LogP contribution in [0.15, 0.2) is 66.2 Å². The summed E-state index contributed by atoms with van der Waals surface area (Å²) >= 11 is 8.02. The van der Waals surface area contributed by atoms with Gasteiger partial charge in [0.15, 0.2) is 10.9 Å². The van der Waals surface area contributed by atoms with Crippen molar-refractivity contribution in [3.8, 4) is 5.69 Å². The number of nitrogens with one attached hydrogen (secondary N) is 1. The van der Waals surface area contributed by atoms with Gasteiger partial charge in [-0.05, 0) is 29.8 Å². The zero-order valence-electron chi connectivity index (χ0n) is 12.1. The lowest BCUT2D eigenvalue weighted by Gasteiger charge is -2.04. The number of benzene rings is 1. The van der Waals surface area contributed by atoms with Crippen molar-refractivity contribution in [1.82, 2.24) is 19.7 Å². The first-order chi connectivity index (χ1) is 11.3. The number of hydrogen-bond acceptors (Lipinski definition) is 3. The number of pyridine rings is 1. The Morgan fingerprint density at radius 1 is 1.13 bits per heavy atom. The molecule has 23 heavy (non-hydrogen) atoms. The van der Waals surface area contributed by atoms with Crippen LogP contribution in [0.25, 0.3) is 11.3 Å². The Morgan fingerprint density at radius 3 is 2.78 bits per heavy atom. The third-order valence-corrected chi connectivity index (χ3v) is 4.88. The standard InChI is InChI=1S/C16H12ClN5S/c17-15-13(19-14-8-4-5-9-21(14)15)10-23-16-20-18-11-22(16)12-6-2-1-3-7-12/h1-9,11H,10H2/p+1. The van der Waals surface area contributed by atoms with Gasteiger partial charge in [-0.15, -0.1) is 10.2 Å². The lowest BCUT2D eigenvalue weighted by molar-refractivity contribution is -0.507. The predicted molar refractivity (Wildman–Crippen MR) is 89.9 cm³/mol. The molecular weight excluding hydrogens is 330 g/mol. The highest BCUT2D eigenvalue weighted by Crippen LogP contribution is 2.25. The molecule has 4 rings (SSSR count). The molecule has 0 radical (unpaired) electrons. The molecule has 0 bridgehead atoms. The van der Waals surface area contributed by atoms with Crippen molar-refractivity contribution in [3.63, 3.8) is 0 Å². The molecule has 7 heteroatoms. The maximum absolute atomic E-state index is 6.43. The summed E-state index contributed by atoms with van der Waals surface area (Å²) in [5.41, 5.74) is 2.97. The molecule has 3 aromatic heterocycles. The number of nitrogens with zero attached hydrogens (tertiary/aromatic N) is 4. The van der Waals surface area contributed by atoms with Crippen LogP contribution in [0.3, 0.4) is 0 Å². The van der Waals surface area contributed by atoms with E-state index < -0.39 is 0 Å². The lowest BCUT2D eigenvalue weighted by atomic mass is 10.3. The molecule has 0 unspecified atom stereocenters. The minimum absolute atomic E-state index is 0.687. The molecule has 0 saturated heterocycles. The summed E-state index contributed by atoms with van der Waals surface area (Å²) in [6.07, 6.45) is 3.66. The van der Waals surface area contributed by atoms with E-state index in [4.69, 9.17) is 11.6 Å². The second-order valence-corrected chi connectivity index (χ2v) is 6.26. The molecule has 0 fully saturated rings. The van der Waals surface area contributed by atoms with Crippen molar-refractivity contribution in [2.75, 3.05) is 0 Å². The van der Waals surface area contributed by atoms with E-state index in [1.165, 1.54) is 0 Å². The Morgan fingerprint density at radius 2 is 1.96 bits per heavy atom. The Balaban J connectivity index is 1.60. The van der Waals surface area contributed by atoms with Gasteiger partial charge in [0, 0.05) is 11.8 Å². The molecule has 1 N–H and O–H groups in total. The molecular formula is C16H13ClN5S+. The highest BCUT2D eigenvalue weighted by Gasteiger charge is 2.18. The molecule has 114 valence electrons. The Hall–Kier alpha value is -2.31. The number of imidazole rings is 1. The second-order valence-electron chi connectivity index (χ2n) is 4.96. The number of hydrogen-bond donors (Lipinski definition) is 1. The molecule has 0 spiro atoms. The van der Waals surface area contributed by atoms with Crippen molar-refractivity contribution >= 4 is 29.0 Å². The fourth-order valence-electron chi connectivity index (χ4n) is 2.39. The van der Waals surface area contributed by atoms with Crippen LogP contribution >= 0.6 is 23.4 Å². The van der Waals surface area contributed by atoms with Crippen LogP contribution in [-0.2, 0) is 5.75 Å². The Kier molecular flexibility index (Phi) is 3.77. The van der Waals surface area contributed by atoms with Crippen molar-refractivity contribution in [3.05, 3.63) is 71.9 Å². The van der Waals surface area contributed by atoms with Crippen LogP contribution in [0, 0.1) is 0 Å². The minimum atomic E-state index is 0.687. The minimum Gasteiger partial charge on any atom is -0.277 e. The van der Waals surface area contributed by atoms with Crippen molar-refractivity contribution in [1.29, 1.82) is 0 Å². The zero-order valence-corrected chi connectivity index (χ0v) is 13.6.